The number of carbonyl (C=O) groups excluding carboxylic acids is 2. The molecule has 7 nitrogen and oxygen atoms in total. The van der Waals surface area contributed by atoms with Crippen molar-refractivity contribution < 1.29 is 19.1 Å². The van der Waals surface area contributed by atoms with Gasteiger partial charge in [-0.3, -0.25) is 4.79 Å². The van der Waals surface area contributed by atoms with Crippen LogP contribution in [0.5, 0.6) is 17.2 Å². The molecule has 0 saturated heterocycles. The second kappa shape index (κ2) is 11.1. The summed E-state index contributed by atoms with van der Waals surface area (Å²) in [5.74, 6) is 2.52. The Morgan fingerprint density at radius 2 is 1.61 bits per heavy atom. The van der Waals surface area contributed by atoms with Gasteiger partial charge in [0.1, 0.15) is 23.3 Å². The van der Waals surface area contributed by atoms with Gasteiger partial charge in [-0.15, -0.1) is 0 Å². The molecule has 0 bridgehead atoms. The maximum Gasteiger partial charge on any atom is 0.312 e. The Hall–Kier alpha value is -2.87. The zero-order valence-corrected chi connectivity index (χ0v) is 16.8. The molecule has 0 unspecified atom stereocenters. The third-order valence-electron chi connectivity index (χ3n) is 3.74. The quantitative estimate of drug-likeness (QED) is 0.562. The van der Waals surface area contributed by atoms with Crippen molar-refractivity contribution in [3.63, 3.8) is 0 Å². The molecule has 0 heterocycles. The Morgan fingerprint density at radius 1 is 1.04 bits per heavy atom. The highest BCUT2D eigenvalue weighted by Crippen LogP contribution is 2.25. The second-order valence-electron chi connectivity index (χ2n) is 5.86. The van der Waals surface area contributed by atoms with E-state index in [1.54, 1.807) is 36.0 Å². The number of hydrogen-bond acceptors (Lipinski definition) is 5. The van der Waals surface area contributed by atoms with Gasteiger partial charge in [-0.1, -0.05) is 0 Å². The van der Waals surface area contributed by atoms with Crippen molar-refractivity contribution in [3.05, 3.63) is 48.5 Å². The molecule has 0 aliphatic heterocycles. The van der Waals surface area contributed by atoms with E-state index in [9.17, 15) is 9.59 Å². The molecule has 0 fully saturated rings. The lowest BCUT2D eigenvalue weighted by atomic mass is 10.2. The highest BCUT2D eigenvalue weighted by atomic mass is 32.2. The first kappa shape index (κ1) is 21.4. The number of thioether (sulfide) groups is 1. The molecule has 0 saturated carbocycles. The van der Waals surface area contributed by atoms with Crippen LogP contribution in [0.2, 0.25) is 0 Å². The standard InChI is InChI=1S/C20H25N3O4S/c1-3-26-15-8-10-17(11-9-15)27-16-6-4-14(5-7-16)22-19(24)18(12-13-28-2)23-20(21)25/h4-11,18H,3,12-13H2,1-2H3,(H,22,24)(H3,21,23,25)/t18-/m0/s1. The smallest absolute Gasteiger partial charge is 0.312 e. The fourth-order valence-corrected chi connectivity index (χ4v) is 2.89. The molecule has 4 N–H and O–H groups in total. The minimum Gasteiger partial charge on any atom is -0.494 e. The van der Waals surface area contributed by atoms with Crippen molar-refractivity contribution in [2.24, 2.45) is 5.73 Å². The number of carbonyl (C=O) groups is 2. The van der Waals surface area contributed by atoms with E-state index in [-0.39, 0.29) is 5.91 Å². The molecule has 28 heavy (non-hydrogen) atoms. The van der Waals surface area contributed by atoms with E-state index in [1.165, 1.54) is 0 Å². The summed E-state index contributed by atoms with van der Waals surface area (Å²) in [5, 5.41) is 5.25. The van der Waals surface area contributed by atoms with Gasteiger partial charge in [-0.25, -0.2) is 4.79 Å². The van der Waals surface area contributed by atoms with E-state index in [4.69, 9.17) is 15.2 Å². The molecule has 0 aliphatic rings. The monoisotopic (exact) mass is 403 g/mol. The van der Waals surface area contributed by atoms with Gasteiger partial charge in [-0.2, -0.15) is 11.8 Å². The predicted octanol–water partition coefficient (Wildman–Crippen LogP) is 3.61. The van der Waals surface area contributed by atoms with Crippen LogP contribution in [0.4, 0.5) is 10.5 Å². The van der Waals surface area contributed by atoms with Gasteiger partial charge in [0.2, 0.25) is 5.91 Å². The highest BCUT2D eigenvalue weighted by Gasteiger charge is 2.19. The minimum atomic E-state index is -0.722. The molecule has 0 aromatic heterocycles. The Labute approximate surface area is 169 Å². The van der Waals surface area contributed by atoms with Crippen LogP contribution in [-0.2, 0) is 4.79 Å². The summed E-state index contributed by atoms with van der Waals surface area (Å²) in [6, 6.07) is 12.9. The molecular formula is C20H25N3O4S. The third kappa shape index (κ3) is 7.03. The van der Waals surface area contributed by atoms with E-state index >= 15 is 0 Å². The number of benzene rings is 2. The number of ether oxygens (including phenoxy) is 2. The van der Waals surface area contributed by atoms with E-state index in [0.29, 0.717) is 30.2 Å². The van der Waals surface area contributed by atoms with Gasteiger partial charge in [0.15, 0.2) is 0 Å². The van der Waals surface area contributed by atoms with Crippen molar-refractivity contribution >= 4 is 29.4 Å². The first-order valence-corrected chi connectivity index (χ1v) is 10.3. The van der Waals surface area contributed by atoms with Crippen LogP contribution in [-0.4, -0.2) is 36.6 Å². The van der Waals surface area contributed by atoms with Gasteiger partial charge in [0.05, 0.1) is 6.61 Å². The summed E-state index contributed by atoms with van der Waals surface area (Å²) in [6.45, 7) is 2.54. The van der Waals surface area contributed by atoms with Crippen LogP contribution in [0.25, 0.3) is 0 Å². The van der Waals surface area contributed by atoms with Crippen molar-refractivity contribution in [2.75, 3.05) is 23.9 Å². The molecule has 0 spiro atoms. The zero-order valence-electron chi connectivity index (χ0n) is 15.9. The predicted molar refractivity (Wildman–Crippen MR) is 112 cm³/mol. The molecule has 2 rings (SSSR count). The van der Waals surface area contributed by atoms with Gasteiger partial charge in [0.25, 0.3) is 0 Å². The molecule has 2 aromatic rings. The van der Waals surface area contributed by atoms with E-state index in [1.807, 2.05) is 37.4 Å². The van der Waals surface area contributed by atoms with Crippen LogP contribution in [0, 0.1) is 0 Å². The number of nitrogens with one attached hydrogen (secondary N) is 2. The Bertz CT molecular complexity index is 766. The average Bonchev–Trinajstić information content (AvgIpc) is 2.68. The van der Waals surface area contributed by atoms with Crippen LogP contribution in [0.15, 0.2) is 48.5 Å². The minimum absolute atomic E-state index is 0.312. The molecule has 150 valence electrons. The molecule has 3 amide bonds. The van der Waals surface area contributed by atoms with Crippen LogP contribution < -0.4 is 25.8 Å². The van der Waals surface area contributed by atoms with E-state index < -0.39 is 12.1 Å². The fraction of sp³-hybridized carbons (Fsp3) is 0.300. The van der Waals surface area contributed by atoms with Crippen molar-refractivity contribution in [3.8, 4) is 17.2 Å². The normalized spacial score (nSPS) is 11.4. The second-order valence-corrected chi connectivity index (χ2v) is 6.85. The van der Waals surface area contributed by atoms with Crippen LogP contribution >= 0.6 is 11.8 Å². The van der Waals surface area contributed by atoms with Gasteiger partial charge >= 0.3 is 6.03 Å². The van der Waals surface area contributed by atoms with E-state index in [2.05, 4.69) is 10.6 Å². The largest absolute Gasteiger partial charge is 0.494 e. The number of urea groups is 1. The summed E-state index contributed by atoms with van der Waals surface area (Å²) in [6.07, 6.45) is 2.43. The van der Waals surface area contributed by atoms with E-state index in [0.717, 1.165) is 11.5 Å². The number of primary amides is 1. The molecule has 8 heteroatoms. The summed E-state index contributed by atoms with van der Waals surface area (Å²) in [4.78, 5) is 23.5. The summed E-state index contributed by atoms with van der Waals surface area (Å²) >= 11 is 1.59. The van der Waals surface area contributed by atoms with Gasteiger partial charge in [-0.05, 0) is 73.9 Å². The molecule has 0 aliphatic carbocycles. The summed E-state index contributed by atoms with van der Waals surface area (Å²) < 4.78 is 11.2. The highest BCUT2D eigenvalue weighted by molar-refractivity contribution is 7.98. The number of amides is 3. The summed E-state index contributed by atoms with van der Waals surface area (Å²) in [5.41, 5.74) is 5.76. The van der Waals surface area contributed by atoms with Crippen molar-refractivity contribution in [1.29, 1.82) is 0 Å². The Balaban J connectivity index is 1.95. The SMILES string of the molecule is CCOc1ccc(Oc2ccc(NC(=O)[C@H](CCSC)NC(N)=O)cc2)cc1. The zero-order chi connectivity index (χ0) is 20.4. The maximum atomic E-state index is 12.4. The van der Waals surface area contributed by atoms with Crippen LogP contribution in [0.1, 0.15) is 13.3 Å². The molecule has 1 atom stereocenters. The number of nitrogens with two attached hydrogens (primary N) is 1. The molecular weight excluding hydrogens is 378 g/mol. The Kier molecular flexibility index (Phi) is 8.48. The van der Waals surface area contributed by atoms with Crippen molar-refractivity contribution in [2.45, 2.75) is 19.4 Å². The fourth-order valence-electron chi connectivity index (χ4n) is 2.42. The molecule has 0 radical (unpaired) electrons. The lowest BCUT2D eigenvalue weighted by molar-refractivity contribution is -0.117. The van der Waals surface area contributed by atoms with Crippen molar-refractivity contribution in [1.82, 2.24) is 5.32 Å². The first-order chi connectivity index (χ1) is 13.5. The topological polar surface area (TPSA) is 103 Å². The number of hydrogen-bond donors (Lipinski definition) is 3. The third-order valence-corrected chi connectivity index (χ3v) is 4.38. The first-order valence-electron chi connectivity index (χ1n) is 8.88. The summed E-state index contributed by atoms with van der Waals surface area (Å²) in [7, 11) is 0. The lowest BCUT2D eigenvalue weighted by Gasteiger charge is -2.17. The van der Waals surface area contributed by atoms with Gasteiger partial charge in [0, 0.05) is 5.69 Å². The average molecular weight is 404 g/mol. The Morgan fingerprint density at radius 3 is 2.14 bits per heavy atom. The number of anilines is 1. The maximum absolute atomic E-state index is 12.4. The number of rotatable bonds is 10. The van der Waals surface area contributed by atoms with Gasteiger partial charge < -0.3 is 25.8 Å². The lowest BCUT2D eigenvalue weighted by Crippen LogP contribution is -2.46. The molecule has 2 aromatic carbocycles. The van der Waals surface area contributed by atoms with Crippen LogP contribution in [0.3, 0.4) is 0 Å².